The Kier molecular flexibility index (Phi) is 4.51. The lowest BCUT2D eigenvalue weighted by atomic mass is 9.94. The lowest BCUT2D eigenvalue weighted by Crippen LogP contribution is -2.34. The van der Waals surface area contributed by atoms with Gasteiger partial charge in [0.1, 0.15) is 0 Å². The predicted molar refractivity (Wildman–Crippen MR) is 74.5 cm³/mol. The minimum Gasteiger partial charge on any atom is -0.310 e. The van der Waals surface area contributed by atoms with Crippen molar-refractivity contribution in [2.75, 3.05) is 6.26 Å². The molecule has 1 aromatic heterocycles. The molecule has 1 aliphatic rings. The van der Waals surface area contributed by atoms with Crippen molar-refractivity contribution in [3.8, 4) is 0 Å². The van der Waals surface area contributed by atoms with Crippen LogP contribution in [0.25, 0.3) is 0 Å². The average Bonchev–Trinajstić information content (AvgIpc) is 2.67. The zero-order chi connectivity index (χ0) is 12.3. The van der Waals surface area contributed by atoms with Gasteiger partial charge in [-0.1, -0.05) is 6.42 Å². The smallest absolute Gasteiger partial charge is 0.0638 e. The maximum absolute atomic E-state index is 4.24. The van der Waals surface area contributed by atoms with E-state index in [9.17, 15) is 0 Å². The van der Waals surface area contributed by atoms with Gasteiger partial charge in [-0.3, -0.25) is 5.10 Å². The number of aromatic amines is 1. The molecule has 0 saturated heterocycles. The Bertz CT molecular complexity index is 342. The molecule has 0 amide bonds. The molecule has 0 aliphatic heterocycles. The first-order chi connectivity index (χ1) is 8.20. The van der Waals surface area contributed by atoms with E-state index in [-0.39, 0.29) is 0 Å². The Morgan fingerprint density at radius 1 is 1.41 bits per heavy atom. The number of thioether (sulfide) groups is 1. The van der Waals surface area contributed by atoms with Crippen LogP contribution in [0.1, 0.15) is 42.6 Å². The van der Waals surface area contributed by atoms with E-state index in [4.69, 9.17) is 0 Å². The van der Waals surface area contributed by atoms with Crippen molar-refractivity contribution >= 4 is 11.8 Å². The molecule has 3 nitrogen and oxygen atoms in total. The number of hydrogen-bond donors (Lipinski definition) is 2. The SMILES string of the molecule is CSC1CCCC(NCc2c(C)n[nH]c2C)C1. The lowest BCUT2D eigenvalue weighted by Gasteiger charge is -2.28. The van der Waals surface area contributed by atoms with Gasteiger partial charge in [0.2, 0.25) is 0 Å². The normalized spacial score (nSPS) is 25.1. The molecule has 2 atom stereocenters. The summed E-state index contributed by atoms with van der Waals surface area (Å²) in [5.41, 5.74) is 3.68. The van der Waals surface area contributed by atoms with E-state index >= 15 is 0 Å². The maximum atomic E-state index is 4.24. The van der Waals surface area contributed by atoms with Crippen molar-refractivity contribution in [1.82, 2.24) is 15.5 Å². The zero-order valence-corrected chi connectivity index (χ0v) is 11.9. The second-order valence-corrected chi connectivity index (χ2v) is 6.15. The Balaban J connectivity index is 1.86. The number of rotatable bonds is 4. The van der Waals surface area contributed by atoms with Gasteiger partial charge in [0.15, 0.2) is 0 Å². The molecular weight excluding hydrogens is 230 g/mol. The molecule has 2 unspecified atom stereocenters. The van der Waals surface area contributed by atoms with Gasteiger partial charge >= 0.3 is 0 Å². The third-order valence-electron chi connectivity index (χ3n) is 3.81. The molecule has 1 fully saturated rings. The Morgan fingerprint density at radius 3 is 2.88 bits per heavy atom. The summed E-state index contributed by atoms with van der Waals surface area (Å²) >= 11 is 2.02. The molecule has 4 heteroatoms. The Labute approximate surface area is 108 Å². The molecule has 1 aliphatic carbocycles. The molecule has 0 radical (unpaired) electrons. The van der Waals surface area contributed by atoms with Crippen LogP contribution >= 0.6 is 11.8 Å². The van der Waals surface area contributed by atoms with Crippen LogP contribution in [0.15, 0.2) is 0 Å². The quantitative estimate of drug-likeness (QED) is 0.867. The van der Waals surface area contributed by atoms with Gasteiger partial charge in [0, 0.05) is 29.1 Å². The highest BCUT2D eigenvalue weighted by Gasteiger charge is 2.21. The number of H-pyrrole nitrogens is 1. The molecule has 1 saturated carbocycles. The van der Waals surface area contributed by atoms with Gasteiger partial charge < -0.3 is 5.32 Å². The van der Waals surface area contributed by atoms with Crippen molar-refractivity contribution < 1.29 is 0 Å². The fraction of sp³-hybridized carbons (Fsp3) is 0.769. The van der Waals surface area contributed by atoms with E-state index in [0.29, 0.717) is 6.04 Å². The summed E-state index contributed by atoms with van der Waals surface area (Å²) in [6.45, 7) is 5.13. The second-order valence-electron chi connectivity index (χ2n) is 5.01. The maximum Gasteiger partial charge on any atom is 0.0638 e. The molecular formula is C13H23N3S. The highest BCUT2D eigenvalue weighted by Crippen LogP contribution is 2.27. The third kappa shape index (κ3) is 3.26. The fourth-order valence-electron chi connectivity index (χ4n) is 2.63. The van der Waals surface area contributed by atoms with Gasteiger partial charge in [-0.05, 0) is 39.4 Å². The average molecular weight is 253 g/mol. The molecule has 2 rings (SSSR count). The van der Waals surface area contributed by atoms with Crippen LogP contribution in [0.2, 0.25) is 0 Å². The number of hydrogen-bond acceptors (Lipinski definition) is 3. The summed E-state index contributed by atoms with van der Waals surface area (Å²) in [6.07, 6.45) is 7.64. The summed E-state index contributed by atoms with van der Waals surface area (Å²) in [4.78, 5) is 0. The number of aromatic nitrogens is 2. The number of nitrogens with one attached hydrogen (secondary N) is 2. The van der Waals surface area contributed by atoms with Crippen LogP contribution in [-0.4, -0.2) is 27.7 Å². The molecule has 1 aromatic rings. The van der Waals surface area contributed by atoms with E-state index in [1.165, 1.54) is 36.9 Å². The number of aryl methyl sites for hydroxylation is 2. The molecule has 0 spiro atoms. The fourth-order valence-corrected chi connectivity index (χ4v) is 3.45. The predicted octanol–water partition coefficient (Wildman–Crippen LogP) is 2.79. The molecule has 0 bridgehead atoms. The zero-order valence-electron chi connectivity index (χ0n) is 11.0. The van der Waals surface area contributed by atoms with Crippen molar-refractivity contribution in [1.29, 1.82) is 0 Å². The van der Waals surface area contributed by atoms with Gasteiger partial charge in [-0.15, -0.1) is 0 Å². The Hall–Kier alpha value is -0.480. The molecule has 17 heavy (non-hydrogen) atoms. The minimum atomic E-state index is 0.690. The van der Waals surface area contributed by atoms with Crippen molar-refractivity contribution in [2.45, 2.75) is 57.4 Å². The van der Waals surface area contributed by atoms with Crippen LogP contribution in [0, 0.1) is 13.8 Å². The van der Waals surface area contributed by atoms with Gasteiger partial charge in [0.25, 0.3) is 0 Å². The first-order valence-corrected chi connectivity index (χ1v) is 7.76. The van der Waals surface area contributed by atoms with Crippen LogP contribution < -0.4 is 5.32 Å². The van der Waals surface area contributed by atoms with Crippen molar-refractivity contribution in [3.63, 3.8) is 0 Å². The van der Waals surface area contributed by atoms with E-state index < -0.39 is 0 Å². The summed E-state index contributed by atoms with van der Waals surface area (Å²) in [5.74, 6) is 0. The van der Waals surface area contributed by atoms with E-state index in [2.05, 4.69) is 35.6 Å². The molecule has 2 N–H and O–H groups in total. The summed E-state index contributed by atoms with van der Waals surface area (Å²) in [5, 5.41) is 11.8. The van der Waals surface area contributed by atoms with E-state index in [1.807, 2.05) is 11.8 Å². The molecule has 96 valence electrons. The van der Waals surface area contributed by atoms with Crippen molar-refractivity contribution in [2.24, 2.45) is 0 Å². The minimum absolute atomic E-state index is 0.690. The molecule has 0 aromatic carbocycles. The summed E-state index contributed by atoms with van der Waals surface area (Å²) < 4.78 is 0. The summed E-state index contributed by atoms with van der Waals surface area (Å²) in [6, 6.07) is 0.690. The van der Waals surface area contributed by atoms with Crippen LogP contribution in [0.3, 0.4) is 0 Å². The first kappa shape index (κ1) is 13.0. The Morgan fingerprint density at radius 2 is 2.24 bits per heavy atom. The highest BCUT2D eigenvalue weighted by atomic mass is 32.2. The largest absolute Gasteiger partial charge is 0.310 e. The van der Waals surface area contributed by atoms with Crippen molar-refractivity contribution in [3.05, 3.63) is 17.0 Å². The second kappa shape index (κ2) is 5.91. The van der Waals surface area contributed by atoms with Gasteiger partial charge in [-0.25, -0.2) is 0 Å². The lowest BCUT2D eigenvalue weighted by molar-refractivity contribution is 0.379. The van der Waals surface area contributed by atoms with E-state index in [1.54, 1.807) is 0 Å². The van der Waals surface area contributed by atoms with Crippen LogP contribution in [0.5, 0.6) is 0 Å². The highest BCUT2D eigenvalue weighted by molar-refractivity contribution is 7.99. The summed E-state index contributed by atoms with van der Waals surface area (Å²) in [7, 11) is 0. The molecule has 1 heterocycles. The topological polar surface area (TPSA) is 40.7 Å². The monoisotopic (exact) mass is 253 g/mol. The van der Waals surface area contributed by atoms with Gasteiger partial charge in [-0.2, -0.15) is 16.9 Å². The standard InChI is InChI=1S/C13H23N3S/c1-9-13(10(2)16-15-9)8-14-11-5-4-6-12(7-11)17-3/h11-12,14H,4-8H2,1-3H3,(H,15,16). The van der Waals surface area contributed by atoms with Gasteiger partial charge in [0.05, 0.1) is 5.69 Å². The van der Waals surface area contributed by atoms with Crippen LogP contribution in [0.4, 0.5) is 0 Å². The number of nitrogens with zero attached hydrogens (tertiary/aromatic N) is 1. The van der Waals surface area contributed by atoms with Crippen LogP contribution in [-0.2, 0) is 6.54 Å². The van der Waals surface area contributed by atoms with E-state index in [0.717, 1.165) is 17.5 Å². The first-order valence-electron chi connectivity index (χ1n) is 6.47. The third-order valence-corrected chi connectivity index (χ3v) is 4.90.